The van der Waals surface area contributed by atoms with Gasteiger partial charge in [0, 0.05) is 21.5 Å². The standard InChI is InChI=1S/C17H15BrN2OS/c18-14-6-4-12(5-7-14)2-1-3-17(21)20-15-8-9-16(22)13(10-15)11-19/h4-10,22H,1-3H2,(H,20,21). The highest BCUT2D eigenvalue weighted by Gasteiger charge is 2.05. The summed E-state index contributed by atoms with van der Waals surface area (Å²) in [4.78, 5) is 12.5. The van der Waals surface area contributed by atoms with Crippen molar-refractivity contribution in [3.63, 3.8) is 0 Å². The maximum atomic E-state index is 11.9. The van der Waals surface area contributed by atoms with Crippen molar-refractivity contribution in [2.75, 3.05) is 5.32 Å². The summed E-state index contributed by atoms with van der Waals surface area (Å²) in [6, 6.07) is 15.2. The number of nitrogens with one attached hydrogen (secondary N) is 1. The third kappa shape index (κ3) is 4.90. The summed E-state index contributed by atoms with van der Waals surface area (Å²) in [6.45, 7) is 0. The van der Waals surface area contributed by atoms with Crippen molar-refractivity contribution in [3.8, 4) is 6.07 Å². The zero-order chi connectivity index (χ0) is 15.9. The average molecular weight is 375 g/mol. The Kier molecular flexibility index (Phi) is 6.05. The molecule has 0 fully saturated rings. The summed E-state index contributed by atoms with van der Waals surface area (Å²) >= 11 is 7.58. The van der Waals surface area contributed by atoms with E-state index in [0.717, 1.165) is 17.3 Å². The van der Waals surface area contributed by atoms with Gasteiger partial charge >= 0.3 is 0 Å². The second kappa shape index (κ2) is 8.02. The number of halogens is 1. The first-order valence-electron chi connectivity index (χ1n) is 6.86. The fraction of sp³-hybridized carbons (Fsp3) is 0.176. The highest BCUT2D eigenvalue weighted by Crippen LogP contribution is 2.18. The van der Waals surface area contributed by atoms with Gasteiger partial charge in [-0.1, -0.05) is 28.1 Å². The predicted molar refractivity (Wildman–Crippen MR) is 94.1 cm³/mol. The monoisotopic (exact) mass is 374 g/mol. The van der Waals surface area contributed by atoms with E-state index in [1.54, 1.807) is 18.2 Å². The van der Waals surface area contributed by atoms with Crippen molar-refractivity contribution < 1.29 is 4.79 Å². The van der Waals surface area contributed by atoms with Crippen LogP contribution in [0.5, 0.6) is 0 Å². The number of amides is 1. The molecule has 0 radical (unpaired) electrons. The van der Waals surface area contributed by atoms with E-state index in [1.165, 1.54) is 5.56 Å². The highest BCUT2D eigenvalue weighted by atomic mass is 79.9. The summed E-state index contributed by atoms with van der Waals surface area (Å²) in [6.07, 6.45) is 2.09. The number of aryl methyl sites for hydroxylation is 1. The largest absolute Gasteiger partial charge is 0.326 e. The fourth-order valence-electron chi connectivity index (χ4n) is 2.03. The third-order valence-electron chi connectivity index (χ3n) is 3.18. The molecule has 0 unspecified atom stereocenters. The molecule has 0 aromatic heterocycles. The lowest BCUT2D eigenvalue weighted by Crippen LogP contribution is -2.11. The first-order chi connectivity index (χ1) is 10.6. The molecule has 1 N–H and O–H groups in total. The van der Waals surface area contributed by atoms with E-state index in [0.29, 0.717) is 22.6 Å². The van der Waals surface area contributed by atoms with E-state index in [4.69, 9.17) is 5.26 Å². The van der Waals surface area contributed by atoms with Crippen molar-refractivity contribution >= 4 is 40.2 Å². The van der Waals surface area contributed by atoms with Crippen molar-refractivity contribution in [2.45, 2.75) is 24.2 Å². The second-order valence-corrected chi connectivity index (χ2v) is 6.27. The lowest BCUT2D eigenvalue weighted by Gasteiger charge is -2.07. The molecule has 5 heteroatoms. The minimum atomic E-state index is -0.0482. The molecule has 0 heterocycles. The average Bonchev–Trinajstić information content (AvgIpc) is 2.51. The van der Waals surface area contributed by atoms with Crippen LogP contribution >= 0.6 is 28.6 Å². The van der Waals surface area contributed by atoms with Crippen LogP contribution in [0.3, 0.4) is 0 Å². The summed E-state index contributed by atoms with van der Waals surface area (Å²) in [5.41, 5.74) is 2.29. The van der Waals surface area contributed by atoms with Crippen LogP contribution in [0.4, 0.5) is 5.69 Å². The van der Waals surface area contributed by atoms with Crippen LogP contribution in [0.2, 0.25) is 0 Å². The smallest absolute Gasteiger partial charge is 0.224 e. The minimum Gasteiger partial charge on any atom is -0.326 e. The van der Waals surface area contributed by atoms with Crippen molar-refractivity contribution in [1.29, 1.82) is 5.26 Å². The lowest BCUT2D eigenvalue weighted by molar-refractivity contribution is -0.116. The van der Waals surface area contributed by atoms with Gasteiger partial charge in [0.1, 0.15) is 6.07 Å². The molecule has 0 aliphatic rings. The summed E-state index contributed by atoms with van der Waals surface area (Å²) in [5.74, 6) is -0.0482. The van der Waals surface area contributed by atoms with E-state index in [-0.39, 0.29) is 5.91 Å². The maximum absolute atomic E-state index is 11.9. The molecule has 22 heavy (non-hydrogen) atoms. The molecule has 0 bridgehead atoms. The van der Waals surface area contributed by atoms with Crippen LogP contribution in [0.15, 0.2) is 51.8 Å². The molecule has 0 saturated heterocycles. The van der Waals surface area contributed by atoms with E-state index in [1.807, 2.05) is 30.3 Å². The Balaban J connectivity index is 1.83. The number of nitriles is 1. The molecular formula is C17H15BrN2OS. The topological polar surface area (TPSA) is 52.9 Å². The van der Waals surface area contributed by atoms with Gasteiger partial charge in [-0.25, -0.2) is 0 Å². The number of anilines is 1. The summed E-state index contributed by atoms with van der Waals surface area (Å²) in [7, 11) is 0. The van der Waals surface area contributed by atoms with Gasteiger partial charge < -0.3 is 5.32 Å². The number of carbonyl (C=O) groups is 1. The number of thiol groups is 1. The van der Waals surface area contributed by atoms with Crippen LogP contribution in [0.25, 0.3) is 0 Å². The van der Waals surface area contributed by atoms with Gasteiger partial charge in [-0.3, -0.25) is 4.79 Å². The number of hydrogen-bond donors (Lipinski definition) is 2. The molecule has 0 aliphatic heterocycles. The Morgan fingerprint density at radius 1 is 1.23 bits per heavy atom. The van der Waals surface area contributed by atoms with Gasteiger partial charge in [-0.05, 0) is 48.7 Å². The molecule has 112 valence electrons. The number of benzene rings is 2. The third-order valence-corrected chi connectivity index (χ3v) is 4.10. The molecule has 2 rings (SSSR count). The number of hydrogen-bond acceptors (Lipinski definition) is 3. The Morgan fingerprint density at radius 2 is 1.95 bits per heavy atom. The van der Waals surface area contributed by atoms with Gasteiger partial charge in [0.05, 0.1) is 5.56 Å². The molecule has 2 aromatic carbocycles. The SMILES string of the molecule is N#Cc1cc(NC(=O)CCCc2ccc(Br)cc2)ccc1S. The van der Waals surface area contributed by atoms with E-state index < -0.39 is 0 Å². The van der Waals surface area contributed by atoms with Crippen LogP contribution in [-0.4, -0.2) is 5.91 Å². The molecule has 0 atom stereocenters. The zero-order valence-corrected chi connectivity index (χ0v) is 14.3. The lowest BCUT2D eigenvalue weighted by atomic mass is 10.1. The van der Waals surface area contributed by atoms with Crippen LogP contribution in [0, 0.1) is 11.3 Å². The summed E-state index contributed by atoms with van der Waals surface area (Å²) in [5, 5.41) is 11.8. The Hall–Kier alpha value is -1.77. The number of carbonyl (C=O) groups excluding carboxylic acids is 1. The molecule has 0 saturated carbocycles. The highest BCUT2D eigenvalue weighted by molar-refractivity contribution is 9.10. The van der Waals surface area contributed by atoms with E-state index in [9.17, 15) is 4.79 Å². The van der Waals surface area contributed by atoms with Gasteiger partial charge in [-0.15, -0.1) is 12.6 Å². The zero-order valence-electron chi connectivity index (χ0n) is 11.8. The molecular weight excluding hydrogens is 360 g/mol. The first kappa shape index (κ1) is 16.6. The van der Waals surface area contributed by atoms with Crippen molar-refractivity contribution in [2.24, 2.45) is 0 Å². The molecule has 2 aromatic rings. The number of rotatable bonds is 5. The maximum Gasteiger partial charge on any atom is 0.224 e. The fourth-order valence-corrected chi connectivity index (χ4v) is 2.48. The Morgan fingerprint density at radius 3 is 2.64 bits per heavy atom. The quantitative estimate of drug-likeness (QED) is 0.753. The molecule has 0 aliphatic carbocycles. The second-order valence-electron chi connectivity index (χ2n) is 4.87. The van der Waals surface area contributed by atoms with Crippen molar-refractivity contribution in [3.05, 3.63) is 58.1 Å². The van der Waals surface area contributed by atoms with E-state index >= 15 is 0 Å². The normalized spacial score (nSPS) is 10.0. The minimum absolute atomic E-state index is 0.0482. The first-order valence-corrected chi connectivity index (χ1v) is 8.10. The Bertz CT molecular complexity index is 708. The van der Waals surface area contributed by atoms with Gasteiger partial charge in [0.15, 0.2) is 0 Å². The molecule has 0 spiro atoms. The Labute approximate surface area is 143 Å². The summed E-state index contributed by atoms with van der Waals surface area (Å²) < 4.78 is 1.05. The number of nitrogens with zero attached hydrogens (tertiary/aromatic N) is 1. The van der Waals surface area contributed by atoms with Gasteiger partial charge in [0.25, 0.3) is 0 Å². The van der Waals surface area contributed by atoms with Crippen LogP contribution < -0.4 is 5.32 Å². The van der Waals surface area contributed by atoms with E-state index in [2.05, 4.69) is 33.9 Å². The van der Waals surface area contributed by atoms with Gasteiger partial charge in [0.2, 0.25) is 5.91 Å². The molecule has 1 amide bonds. The predicted octanol–water partition coefficient (Wildman–Crippen LogP) is 4.57. The van der Waals surface area contributed by atoms with Gasteiger partial charge in [-0.2, -0.15) is 5.26 Å². The van der Waals surface area contributed by atoms with Crippen molar-refractivity contribution in [1.82, 2.24) is 0 Å². The van der Waals surface area contributed by atoms with Crippen LogP contribution in [-0.2, 0) is 11.2 Å². The van der Waals surface area contributed by atoms with Crippen LogP contribution in [0.1, 0.15) is 24.0 Å². The molecule has 3 nitrogen and oxygen atoms in total.